The minimum absolute atomic E-state index is 0.222. The van der Waals surface area contributed by atoms with Gasteiger partial charge in [-0.05, 0) is 30.5 Å². The van der Waals surface area contributed by atoms with Crippen LogP contribution in [0.4, 0.5) is 0 Å². The van der Waals surface area contributed by atoms with E-state index in [9.17, 15) is 4.79 Å². The zero-order valence-corrected chi connectivity index (χ0v) is 14.9. The third-order valence-corrected chi connectivity index (χ3v) is 6.00. The number of rotatable bonds is 4. The molecule has 136 valence electrons. The zero-order chi connectivity index (χ0) is 17.7. The van der Waals surface area contributed by atoms with Gasteiger partial charge in [0.15, 0.2) is 6.10 Å². The van der Waals surface area contributed by atoms with Crippen LogP contribution in [0.3, 0.4) is 0 Å². The number of fused-ring (bicyclic) bond motifs is 2. The molecule has 2 aromatic rings. The number of piperidine rings is 1. The average molecular weight is 353 g/mol. The predicted octanol–water partition coefficient (Wildman–Crippen LogP) is 1.76. The van der Waals surface area contributed by atoms with Crippen molar-refractivity contribution in [3.05, 3.63) is 53.2 Å². The van der Waals surface area contributed by atoms with Gasteiger partial charge >= 0.3 is 0 Å². The van der Waals surface area contributed by atoms with Crippen LogP contribution in [0, 0.1) is 17.8 Å². The van der Waals surface area contributed by atoms with E-state index in [0.29, 0.717) is 36.7 Å². The zero-order valence-electron chi connectivity index (χ0n) is 14.9. The number of carbonyl (C=O) groups is 1. The lowest BCUT2D eigenvalue weighted by atomic mass is 10.1. The number of hydrogen-bond acceptors (Lipinski definition) is 5. The van der Waals surface area contributed by atoms with Crippen molar-refractivity contribution in [2.24, 2.45) is 17.8 Å². The molecule has 0 spiro atoms. The Balaban J connectivity index is 1.34. The van der Waals surface area contributed by atoms with Crippen molar-refractivity contribution in [3.8, 4) is 0 Å². The van der Waals surface area contributed by atoms with Gasteiger partial charge in [0.1, 0.15) is 11.5 Å². The first-order chi connectivity index (χ1) is 12.8. The summed E-state index contributed by atoms with van der Waals surface area (Å²) < 4.78 is 11.6. The van der Waals surface area contributed by atoms with E-state index in [1.807, 2.05) is 35.2 Å². The fraction of sp³-hybridized carbons (Fsp3) is 0.500. The van der Waals surface area contributed by atoms with E-state index in [4.69, 9.17) is 9.15 Å². The minimum atomic E-state index is -0.320. The smallest absolute Gasteiger partial charge is 0.228 e. The number of ether oxygens (including phenoxy) is 1. The molecule has 1 saturated heterocycles. The summed E-state index contributed by atoms with van der Waals surface area (Å²) in [4.78, 5) is 19.5. The van der Waals surface area contributed by atoms with Gasteiger partial charge in [-0.15, -0.1) is 0 Å². The molecule has 1 saturated carbocycles. The van der Waals surface area contributed by atoms with Crippen molar-refractivity contribution >= 4 is 5.91 Å². The van der Waals surface area contributed by atoms with Crippen molar-refractivity contribution in [2.45, 2.75) is 19.1 Å². The molecule has 0 radical (unpaired) electrons. The summed E-state index contributed by atoms with van der Waals surface area (Å²) >= 11 is 0. The summed E-state index contributed by atoms with van der Waals surface area (Å²) in [6.45, 7) is 3.24. The monoisotopic (exact) mass is 353 g/mol. The van der Waals surface area contributed by atoms with Crippen LogP contribution in [0.2, 0.25) is 0 Å². The molecule has 1 aromatic carbocycles. The molecule has 2 aliphatic heterocycles. The summed E-state index contributed by atoms with van der Waals surface area (Å²) in [5, 5.41) is 3.35. The second-order valence-electron chi connectivity index (χ2n) is 7.47. The third kappa shape index (κ3) is 2.56. The summed E-state index contributed by atoms with van der Waals surface area (Å²) in [7, 11) is 1.66. The molecule has 26 heavy (non-hydrogen) atoms. The van der Waals surface area contributed by atoms with E-state index < -0.39 is 0 Å². The lowest BCUT2D eigenvalue weighted by Gasteiger charge is -2.26. The first-order valence-corrected chi connectivity index (χ1v) is 9.32. The standard InChI is InChI=1S/C20H23N3O3/c1-25-18(12-5-3-2-4-6-12)19-22-15-11-23(8-7-16(15)26-19)20(24)17-13-9-21-10-14(13)17/h2-6,13-14,17-18,21H,7-11H2,1H3/t13-,14+,17?,18?. The van der Waals surface area contributed by atoms with Crippen LogP contribution in [-0.2, 0) is 22.5 Å². The van der Waals surface area contributed by atoms with E-state index in [-0.39, 0.29) is 12.0 Å². The van der Waals surface area contributed by atoms with Gasteiger partial charge < -0.3 is 19.4 Å². The minimum Gasteiger partial charge on any atom is -0.442 e. The normalized spacial score (nSPS) is 27.7. The lowest BCUT2D eigenvalue weighted by Crippen LogP contribution is -2.38. The van der Waals surface area contributed by atoms with Crippen molar-refractivity contribution in [1.29, 1.82) is 0 Å². The van der Waals surface area contributed by atoms with Gasteiger partial charge in [-0.3, -0.25) is 4.79 Å². The molecule has 1 aromatic heterocycles. The fourth-order valence-electron chi connectivity index (χ4n) is 4.52. The quantitative estimate of drug-likeness (QED) is 0.907. The molecule has 3 aliphatic rings. The Morgan fingerprint density at radius 3 is 2.81 bits per heavy atom. The molecule has 6 nitrogen and oxygen atoms in total. The Bertz CT molecular complexity index is 809. The maximum Gasteiger partial charge on any atom is 0.228 e. The fourth-order valence-corrected chi connectivity index (χ4v) is 4.52. The van der Waals surface area contributed by atoms with E-state index in [2.05, 4.69) is 10.3 Å². The molecule has 4 atom stereocenters. The molecular formula is C20H23N3O3. The van der Waals surface area contributed by atoms with Gasteiger partial charge in [0, 0.05) is 26.0 Å². The van der Waals surface area contributed by atoms with Crippen LogP contribution < -0.4 is 5.32 Å². The largest absolute Gasteiger partial charge is 0.442 e. The molecule has 1 amide bonds. The second kappa shape index (κ2) is 6.21. The molecule has 1 N–H and O–H groups in total. The number of carbonyl (C=O) groups excluding carboxylic acids is 1. The number of aromatic nitrogens is 1. The van der Waals surface area contributed by atoms with Crippen LogP contribution in [0.25, 0.3) is 0 Å². The summed E-state index contributed by atoms with van der Waals surface area (Å²) in [5.41, 5.74) is 1.89. The highest BCUT2D eigenvalue weighted by molar-refractivity contribution is 5.83. The Kier molecular flexibility index (Phi) is 3.83. The predicted molar refractivity (Wildman–Crippen MR) is 94.3 cm³/mol. The highest BCUT2D eigenvalue weighted by Crippen LogP contribution is 2.49. The van der Waals surface area contributed by atoms with E-state index in [0.717, 1.165) is 36.5 Å². The summed E-state index contributed by atoms with van der Waals surface area (Å²) in [5.74, 6) is 3.08. The Labute approximate surface area is 152 Å². The number of methoxy groups -OCH3 is 1. The van der Waals surface area contributed by atoms with Crippen LogP contribution in [0.1, 0.15) is 29.0 Å². The molecule has 2 fully saturated rings. The Morgan fingerprint density at radius 2 is 2.08 bits per heavy atom. The van der Waals surface area contributed by atoms with Gasteiger partial charge in [-0.1, -0.05) is 30.3 Å². The second-order valence-corrected chi connectivity index (χ2v) is 7.47. The molecule has 5 rings (SSSR count). The van der Waals surface area contributed by atoms with Crippen molar-refractivity contribution in [2.75, 3.05) is 26.7 Å². The Hall–Kier alpha value is -2.18. The van der Waals surface area contributed by atoms with Gasteiger partial charge in [-0.25, -0.2) is 4.98 Å². The maximum atomic E-state index is 12.8. The van der Waals surface area contributed by atoms with E-state index in [1.165, 1.54) is 0 Å². The van der Waals surface area contributed by atoms with Gasteiger partial charge in [0.25, 0.3) is 0 Å². The van der Waals surface area contributed by atoms with Crippen LogP contribution in [0.15, 0.2) is 34.7 Å². The number of hydrogen-bond donors (Lipinski definition) is 1. The van der Waals surface area contributed by atoms with E-state index >= 15 is 0 Å². The van der Waals surface area contributed by atoms with Crippen LogP contribution >= 0.6 is 0 Å². The van der Waals surface area contributed by atoms with Crippen molar-refractivity contribution < 1.29 is 13.9 Å². The molecule has 1 aliphatic carbocycles. The topological polar surface area (TPSA) is 67.6 Å². The highest BCUT2D eigenvalue weighted by Gasteiger charge is 2.58. The average Bonchev–Trinajstić information content (AvgIpc) is 3.01. The maximum absolute atomic E-state index is 12.8. The van der Waals surface area contributed by atoms with Crippen molar-refractivity contribution in [3.63, 3.8) is 0 Å². The number of nitrogens with one attached hydrogen (secondary N) is 1. The summed E-state index contributed by atoms with van der Waals surface area (Å²) in [6.07, 6.45) is 0.402. The third-order valence-electron chi connectivity index (χ3n) is 6.00. The van der Waals surface area contributed by atoms with Gasteiger partial charge in [0.05, 0.1) is 6.54 Å². The van der Waals surface area contributed by atoms with Crippen molar-refractivity contribution in [1.82, 2.24) is 15.2 Å². The van der Waals surface area contributed by atoms with Gasteiger partial charge in [0.2, 0.25) is 11.8 Å². The molecule has 2 unspecified atom stereocenters. The number of nitrogens with zero attached hydrogens (tertiary/aromatic N) is 2. The first kappa shape index (κ1) is 16.0. The number of benzene rings is 1. The van der Waals surface area contributed by atoms with Crippen LogP contribution in [-0.4, -0.2) is 42.5 Å². The number of amides is 1. The van der Waals surface area contributed by atoms with E-state index in [1.54, 1.807) is 7.11 Å². The van der Waals surface area contributed by atoms with Crippen LogP contribution in [0.5, 0.6) is 0 Å². The lowest BCUT2D eigenvalue weighted by molar-refractivity contribution is -0.134. The molecule has 6 heteroatoms. The first-order valence-electron chi connectivity index (χ1n) is 9.32. The SMILES string of the molecule is COC(c1ccccc1)c1nc2c(o1)CCN(C(=O)C1[C@H]3CNC[C@@H]13)C2. The Morgan fingerprint density at radius 1 is 1.31 bits per heavy atom. The number of oxazole rings is 1. The molecular weight excluding hydrogens is 330 g/mol. The highest BCUT2D eigenvalue weighted by atomic mass is 16.5. The molecule has 3 heterocycles. The summed E-state index contributed by atoms with van der Waals surface area (Å²) in [6, 6.07) is 9.95. The van der Waals surface area contributed by atoms with Gasteiger partial charge in [-0.2, -0.15) is 0 Å². The molecule has 0 bridgehead atoms.